The molecular formula is C28H20N2O2S. The van der Waals surface area contributed by atoms with Crippen LogP contribution >= 0.6 is 11.8 Å². The van der Waals surface area contributed by atoms with Crippen LogP contribution in [0.4, 0.5) is 0 Å². The van der Waals surface area contributed by atoms with Gasteiger partial charge >= 0.3 is 0 Å². The van der Waals surface area contributed by atoms with Crippen molar-refractivity contribution in [2.45, 2.75) is 11.4 Å². The summed E-state index contributed by atoms with van der Waals surface area (Å²) in [5.74, 6) is 1.01. The van der Waals surface area contributed by atoms with E-state index in [9.17, 15) is 10.1 Å². The van der Waals surface area contributed by atoms with E-state index in [2.05, 4.69) is 29.3 Å². The van der Waals surface area contributed by atoms with Crippen LogP contribution in [-0.4, -0.2) is 23.6 Å². The van der Waals surface area contributed by atoms with Gasteiger partial charge in [-0.1, -0.05) is 48.2 Å². The SMILES string of the molecule is COc1ccc(-c2ccc(C#N)c(SCC(=O)c3ccc4c(c3)-c3ccccc3C4)n2)cc1. The second-order valence-electron chi connectivity index (χ2n) is 7.81. The molecular weight excluding hydrogens is 428 g/mol. The number of fused-ring (bicyclic) bond motifs is 3. The quantitative estimate of drug-likeness (QED) is 0.229. The van der Waals surface area contributed by atoms with Gasteiger partial charge in [-0.15, -0.1) is 0 Å². The predicted octanol–water partition coefficient (Wildman–Crippen LogP) is 6.18. The molecule has 0 amide bonds. The molecule has 0 bridgehead atoms. The van der Waals surface area contributed by atoms with Gasteiger partial charge in [0.15, 0.2) is 5.78 Å². The Morgan fingerprint density at radius 2 is 1.79 bits per heavy atom. The van der Waals surface area contributed by atoms with Crippen LogP contribution in [0.5, 0.6) is 5.75 Å². The van der Waals surface area contributed by atoms with E-state index in [1.807, 2.05) is 54.6 Å². The molecule has 5 heteroatoms. The Morgan fingerprint density at radius 1 is 1.00 bits per heavy atom. The molecule has 0 spiro atoms. The number of ketones is 1. The van der Waals surface area contributed by atoms with Crippen LogP contribution in [0, 0.1) is 11.3 Å². The normalized spacial score (nSPS) is 11.4. The number of rotatable bonds is 6. The average molecular weight is 449 g/mol. The molecule has 0 aliphatic heterocycles. The standard InChI is InChI=1S/C28H20N2O2S/c1-32-23-11-8-18(9-12-23)26-13-10-22(16-29)28(30-26)33-17-27(31)21-7-6-20-14-19-4-2-3-5-24(19)25(20)15-21/h2-13,15H,14,17H2,1H3. The Morgan fingerprint density at radius 3 is 2.58 bits per heavy atom. The molecule has 160 valence electrons. The van der Waals surface area contributed by atoms with Gasteiger partial charge < -0.3 is 4.74 Å². The van der Waals surface area contributed by atoms with Crippen LogP contribution in [0.15, 0.2) is 83.9 Å². The maximum Gasteiger partial charge on any atom is 0.173 e. The monoisotopic (exact) mass is 448 g/mol. The minimum Gasteiger partial charge on any atom is -0.497 e. The lowest BCUT2D eigenvalue weighted by Gasteiger charge is -2.08. The largest absolute Gasteiger partial charge is 0.497 e. The van der Waals surface area contributed by atoms with Crippen LogP contribution in [0.1, 0.15) is 27.0 Å². The highest BCUT2D eigenvalue weighted by Crippen LogP contribution is 2.37. The Hall–Kier alpha value is -3.88. The van der Waals surface area contributed by atoms with E-state index >= 15 is 0 Å². The number of ether oxygens (including phenoxy) is 1. The van der Waals surface area contributed by atoms with Crippen LogP contribution in [-0.2, 0) is 6.42 Å². The number of hydrogen-bond acceptors (Lipinski definition) is 5. The molecule has 0 saturated heterocycles. The van der Waals surface area contributed by atoms with Crippen molar-refractivity contribution < 1.29 is 9.53 Å². The number of benzene rings is 3. The zero-order valence-corrected chi connectivity index (χ0v) is 18.9. The first kappa shape index (κ1) is 21.0. The van der Waals surface area contributed by atoms with Crippen LogP contribution in [0.2, 0.25) is 0 Å². The molecule has 1 heterocycles. The average Bonchev–Trinajstić information content (AvgIpc) is 3.25. The summed E-state index contributed by atoms with van der Waals surface area (Å²) in [5, 5.41) is 10.1. The minimum absolute atomic E-state index is 0.0210. The number of carbonyl (C=O) groups excluding carboxylic acids is 1. The Labute approximate surface area is 196 Å². The summed E-state index contributed by atoms with van der Waals surface area (Å²) in [4.78, 5) is 17.7. The topological polar surface area (TPSA) is 63.0 Å². The molecule has 4 nitrogen and oxygen atoms in total. The van der Waals surface area contributed by atoms with Crippen LogP contribution < -0.4 is 4.74 Å². The molecule has 1 aromatic heterocycles. The molecule has 5 rings (SSSR count). The highest BCUT2D eigenvalue weighted by Gasteiger charge is 2.20. The maximum absolute atomic E-state index is 13.0. The zero-order chi connectivity index (χ0) is 22.8. The number of hydrogen-bond donors (Lipinski definition) is 0. The third kappa shape index (κ3) is 4.13. The maximum atomic E-state index is 13.0. The third-order valence-electron chi connectivity index (χ3n) is 5.83. The summed E-state index contributed by atoms with van der Waals surface area (Å²) < 4.78 is 5.21. The summed E-state index contributed by atoms with van der Waals surface area (Å²) in [6.07, 6.45) is 0.905. The number of nitriles is 1. The fourth-order valence-electron chi connectivity index (χ4n) is 4.07. The van der Waals surface area contributed by atoms with Crippen molar-refractivity contribution >= 4 is 17.5 Å². The lowest BCUT2D eigenvalue weighted by Crippen LogP contribution is -2.04. The van der Waals surface area contributed by atoms with E-state index in [-0.39, 0.29) is 11.5 Å². The minimum atomic E-state index is 0.0210. The second-order valence-corrected chi connectivity index (χ2v) is 8.77. The number of carbonyl (C=O) groups is 1. The zero-order valence-electron chi connectivity index (χ0n) is 18.0. The van der Waals surface area contributed by atoms with Crippen molar-refractivity contribution in [1.82, 2.24) is 4.98 Å². The number of Topliss-reactive ketones (excluding diaryl/α,β-unsaturated/α-hetero) is 1. The predicted molar refractivity (Wildman–Crippen MR) is 131 cm³/mol. The van der Waals surface area contributed by atoms with Crippen molar-refractivity contribution in [2.24, 2.45) is 0 Å². The summed E-state index contributed by atoms with van der Waals surface area (Å²) in [7, 11) is 1.63. The van der Waals surface area contributed by atoms with E-state index in [4.69, 9.17) is 4.74 Å². The fourth-order valence-corrected chi connectivity index (χ4v) is 4.94. The first-order valence-corrected chi connectivity index (χ1v) is 11.6. The number of aromatic nitrogens is 1. The molecule has 0 N–H and O–H groups in total. The number of pyridine rings is 1. The summed E-state index contributed by atoms with van der Waals surface area (Å²) in [6.45, 7) is 0. The first-order chi connectivity index (χ1) is 16.2. The second kappa shape index (κ2) is 8.93. The number of thioether (sulfide) groups is 1. The van der Waals surface area contributed by atoms with E-state index in [0.717, 1.165) is 29.0 Å². The number of methoxy groups -OCH3 is 1. The van der Waals surface area contributed by atoms with Crippen molar-refractivity contribution in [3.8, 4) is 34.2 Å². The van der Waals surface area contributed by atoms with Gasteiger partial charge in [-0.25, -0.2) is 4.98 Å². The Kier molecular flexibility index (Phi) is 5.68. The lowest BCUT2D eigenvalue weighted by atomic mass is 10.0. The highest BCUT2D eigenvalue weighted by molar-refractivity contribution is 8.00. The van der Waals surface area contributed by atoms with Crippen molar-refractivity contribution in [1.29, 1.82) is 5.26 Å². The molecule has 33 heavy (non-hydrogen) atoms. The Bertz CT molecular complexity index is 1400. The van der Waals surface area contributed by atoms with Crippen molar-refractivity contribution in [3.63, 3.8) is 0 Å². The van der Waals surface area contributed by atoms with Gasteiger partial charge in [-0.05, 0) is 71.1 Å². The van der Waals surface area contributed by atoms with E-state index in [1.165, 1.54) is 28.5 Å². The van der Waals surface area contributed by atoms with Crippen molar-refractivity contribution in [2.75, 3.05) is 12.9 Å². The van der Waals surface area contributed by atoms with Gasteiger partial charge in [-0.2, -0.15) is 5.26 Å². The highest BCUT2D eigenvalue weighted by atomic mass is 32.2. The summed E-state index contributed by atoms with van der Waals surface area (Å²) in [5.41, 5.74) is 7.71. The Balaban J connectivity index is 1.36. The smallest absolute Gasteiger partial charge is 0.173 e. The molecule has 1 aliphatic rings. The fraction of sp³-hybridized carbons (Fsp3) is 0.107. The van der Waals surface area contributed by atoms with Crippen LogP contribution in [0.25, 0.3) is 22.4 Å². The molecule has 1 aliphatic carbocycles. The lowest BCUT2D eigenvalue weighted by molar-refractivity contribution is 0.102. The van der Waals surface area contributed by atoms with Crippen LogP contribution in [0.3, 0.4) is 0 Å². The van der Waals surface area contributed by atoms with Crippen molar-refractivity contribution in [3.05, 3.63) is 101 Å². The first-order valence-electron chi connectivity index (χ1n) is 10.6. The van der Waals surface area contributed by atoms with Gasteiger partial charge in [0, 0.05) is 11.1 Å². The molecule has 0 fully saturated rings. The van der Waals surface area contributed by atoms with Gasteiger partial charge in [-0.3, -0.25) is 4.79 Å². The molecule has 0 unspecified atom stereocenters. The van der Waals surface area contributed by atoms with Gasteiger partial charge in [0.1, 0.15) is 16.8 Å². The molecule has 4 aromatic rings. The van der Waals surface area contributed by atoms with Gasteiger partial charge in [0.25, 0.3) is 0 Å². The summed E-state index contributed by atoms with van der Waals surface area (Å²) >= 11 is 1.30. The van der Waals surface area contributed by atoms with E-state index in [1.54, 1.807) is 13.2 Å². The summed E-state index contributed by atoms with van der Waals surface area (Å²) in [6, 6.07) is 27.6. The molecule has 0 radical (unpaired) electrons. The van der Waals surface area contributed by atoms with Gasteiger partial charge in [0.2, 0.25) is 0 Å². The molecule has 3 aromatic carbocycles. The van der Waals surface area contributed by atoms with E-state index < -0.39 is 0 Å². The van der Waals surface area contributed by atoms with E-state index in [0.29, 0.717) is 16.2 Å². The molecule has 0 saturated carbocycles. The van der Waals surface area contributed by atoms with Gasteiger partial charge in [0.05, 0.1) is 24.1 Å². The number of nitrogens with zero attached hydrogens (tertiary/aromatic N) is 2. The third-order valence-corrected chi connectivity index (χ3v) is 6.82. The molecule has 0 atom stereocenters.